The minimum absolute atomic E-state index is 0.140. The van der Waals surface area contributed by atoms with Crippen molar-refractivity contribution >= 4 is 11.3 Å². The van der Waals surface area contributed by atoms with Crippen LogP contribution in [0.25, 0.3) is 0 Å². The average Bonchev–Trinajstić information content (AvgIpc) is 2.93. The van der Waals surface area contributed by atoms with Gasteiger partial charge < -0.3 is 10.1 Å². The van der Waals surface area contributed by atoms with E-state index in [1.807, 2.05) is 7.05 Å². The standard InChI is InChI=1S/C16H20N2OS/c1-11-10-20-15(18-11)16(17-2)8-4-5-12-9-13(19-3)6-7-14(12)16/h6-7,9-10,17H,4-5,8H2,1-3H3. The zero-order valence-electron chi connectivity index (χ0n) is 12.2. The third-order valence-electron chi connectivity index (χ3n) is 4.18. The molecule has 1 aromatic heterocycles. The Morgan fingerprint density at radius 3 is 2.90 bits per heavy atom. The number of ether oxygens (including phenoxy) is 1. The number of methoxy groups -OCH3 is 1. The molecule has 1 heterocycles. The van der Waals surface area contributed by atoms with E-state index in [0.717, 1.165) is 24.3 Å². The summed E-state index contributed by atoms with van der Waals surface area (Å²) in [6.07, 6.45) is 3.37. The molecular formula is C16H20N2OS. The van der Waals surface area contributed by atoms with Gasteiger partial charge in [0.1, 0.15) is 10.8 Å². The van der Waals surface area contributed by atoms with Gasteiger partial charge >= 0.3 is 0 Å². The number of thiazole rings is 1. The lowest BCUT2D eigenvalue weighted by Gasteiger charge is -2.37. The van der Waals surface area contributed by atoms with E-state index in [0.29, 0.717) is 0 Å². The molecule has 0 saturated carbocycles. The van der Waals surface area contributed by atoms with Crippen LogP contribution in [-0.4, -0.2) is 19.1 Å². The van der Waals surface area contributed by atoms with Crippen molar-refractivity contribution in [3.05, 3.63) is 45.4 Å². The van der Waals surface area contributed by atoms with E-state index in [1.165, 1.54) is 22.6 Å². The molecule has 0 spiro atoms. The number of fused-ring (bicyclic) bond motifs is 1. The van der Waals surface area contributed by atoms with Crippen LogP contribution in [0.3, 0.4) is 0 Å². The van der Waals surface area contributed by atoms with E-state index >= 15 is 0 Å². The first kappa shape index (κ1) is 13.6. The van der Waals surface area contributed by atoms with E-state index in [2.05, 4.69) is 35.8 Å². The third kappa shape index (κ3) is 2.03. The van der Waals surface area contributed by atoms with Crippen molar-refractivity contribution in [1.82, 2.24) is 10.3 Å². The van der Waals surface area contributed by atoms with Crippen molar-refractivity contribution in [2.45, 2.75) is 31.7 Å². The van der Waals surface area contributed by atoms with Crippen LogP contribution in [0.5, 0.6) is 5.75 Å². The maximum Gasteiger partial charge on any atom is 0.119 e. The summed E-state index contributed by atoms with van der Waals surface area (Å²) in [6.45, 7) is 2.06. The van der Waals surface area contributed by atoms with Crippen LogP contribution in [0.1, 0.15) is 34.7 Å². The number of aromatic nitrogens is 1. The normalized spacial score (nSPS) is 21.6. The Bertz CT molecular complexity index is 623. The van der Waals surface area contributed by atoms with E-state index in [1.54, 1.807) is 18.4 Å². The van der Waals surface area contributed by atoms with Gasteiger partial charge in [-0.2, -0.15) is 0 Å². The number of aryl methyl sites for hydroxylation is 2. The van der Waals surface area contributed by atoms with Crippen molar-refractivity contribution in [1.29, 1.82) is 0 Å². The van der Waals surface area contributed by atoms with Gasteiger partial charge in [0, 0.05) is 11.1 Å². The molecule has 0 bridgehead atoms. The summed E-state index contributed by atoms with van der Waals surface area (Å²) in [5, 5.41) is 6.85. The Labute approximate surface area is 124 Å². The average molecular weight is 288 g/mol. The number of nitrogens with zero attached hydrogens (tertiary/aromatic N) is 1. The molecule has 1 unspecified atom stereocenters. The van der Waals surface area contributed by atoms with Crippen LogP contribution < -0.4 is 10.1 Å². The highest BCUT2D eigenvalue weighted by atomic mass is 32.1. The summed E-state index contributed by atoms with van der Waals surface area (Å²) in [4.78, 5) is 4.74. The second-order valence-corrected chi connectivity index (χ2v) is 6.18. The SMILES string of the molecule is CNC1(c2nc(C)cs2)CCCc2cc(OC)ccc21. The van der Waals surface area contributed by atoms with Crippen molar-refractivity contribution in [3.63, 3.8) is 0 Å². The fourth-order valence-electron chi connectivity index (χ4n) is 3.14. The first-order valence-corrected chi connectivity index (χ1v) is 7.86. The number of benzene rings is 1. The van der Waals surface area contributed by atoms with Gasteiger partial charge in [-0.15, -0.1) is 11.3 Å². The molecule has 0 amide bonds. The maximum atomic E-state index is 5.36. The first-order valence-electron chi connectivity index (χ1n) is 6.98. The summed E-state index contributed by atoms with van der Waals surface area (Å²) in [5.74, 6) is 0.936. The van der Waals surface area contributed by atoms with E-state index < -0.39 is 0 Å². The Morgan fingerprint density at radius 2 is 2.25 bits per heavy atom. The molecule has 0 fully saturated rings. The third-order valence-corrected chi connectivity index (χ3v) is 5.30. The predicted molar refractivity (Wildman–Crippen MR) is 82.6 cm³/mol. The van der Waals surface area contributed by atoms with Gasteiger partial charge in [-0.1, -0.05) is 6.07 Å². The molecule has 1 atom stereocenters. The van der Waals surface area contributed by atoms with E-state index in [4.69, 9.17) is 9.72 Å². The summed E-state index contributed by atoms with van der Waals surface area (Å²) in [7, 11) is 3.76. The molecule has 0 saturated heterocycles. The van der Waals surface area contributed by atoms with Crippen LogP contribution in [0, 0.1) is 6.92 Å². The molecule has 0 radical (unpaired) electrons. The van der Waals surface area contributed by atoms with Gasteiger partial charge in [0.05, 0.1) is 12.6 Å². The van der Waals surface area contributed by atoms with Gasteiger partial charge in [-0.3, -0.25) is 0 Å². The highest BCUT2D eigenvalue weighted by Crippen LogP contribution is 2.42. The predicted octanol–water partition coefficient (Wildman–Crippen LogP) is 3.26. The van der Waals surface area contributed by atoms with Crippen LogP contribution in [0.15, 0.2) is 23.6 Å². The lowest BCUT2D eigenvalue weighted by Crippen LogP contribution is -2.43. The molecule has 106 valence electrons. The fraction of sp³-hybridized carbons (Fsp3) is 0.438. The topological polar surface area (TPSA) is 34.2 Å². The number of rotatable bonds is 3. The van der Waals surface area contributed by atoms with Gasteiger partial charge in [0.15, 0.2) is 0 Å². The lowest BCUT2D eigenvalue weighted by molar-refractivity contribution is 0.365. The largest absolute Gasteiger partial charge is 0.497 e. The van der Waals surface area contributed by atoms with Gasteiger partial charge in [-0.05, 0) is 56.5 Å². The molecule has 20 heavy (non-hydrogen) atoms. The van der Waals surface area contributed by atoms with Crippen molar-refractivity contribution in [2.75, 3.05) is 14.2 Å². The molecule has 1 N–H and O–H groups in total. The Balaban J connectivity index is 2.15. The second kappa shape index (κ2) is 5.19. The minimum Gasteiger partial charge on any atom is -0.497 e. The molecule has 1 aliphatic carbocycles. The van der Waals surface area contributed by atoms with Crippen molar-refractivity contribution < 1.29 is 4.74 Å². The van der Waals surface area contributed by atoms with E-state index in [9.17, 15) is 0 Å². The molecule has 2 aromatic rings. The van der Waals surface area contributed by atoms with Crippen LogP contribution in [0.2, 0.25) is 0 Å². The lowest BCUT2D eigenvalue weighted by atomic mass is 9.76. The Hall–Kier alpha value is -1.39. The summed E-state index contributed by atoms with van der Waals surface area (Å²) in [6, 6.07) is 6.41. The van der Waals surface area contributed by atoms with E-state index in [-0.39, 0.29) is 5.54 Å². The zero-order valence-corrected chi connectivity index (χ0v) is 13.0. The van der Waals surface area contributed by atoms with Crippen LogP contribution in [-0.2, 0) is 12.0 Å². The summed E-state index contributed by atoms with van der Waals surface area (Å²) < 4.78 is 5.36. The Kier molecular flexibility index (Phi) is 3.52. The Morgan fingerprint density at radius 1 is 1.40 bits per heavy atom. The molecule has 3 rings (SSSR count). The highest BCUT2D eigenvalue weighted by Gasteiger charge is 2.39. The van der Waals surface area contributed by atoms with Crippen LogP contribution in [0.4, 0.5) is 0 Å². The van der Waals surface area contributed by atoms with Gasteiger partial charge in [0.25, 0.3) is 0 Å². The number of nitrogens with one attached hydrogen (secondary N) is 1. The number of hydrogen-bond acceptors (Lipinski definition) is 4. The molecule has 0 aliphatic heterocycles. The minimum atomic E-state index is -0.140. The second-order valence-electron chi connectivity index (χ2n) is 5.33. The summed E-state index contributed by atoms with van der Waals surface area (Å²) >= 11 is 1.75. The molecule has 3 nitrogen and oxygen atoms in total. The monoisotopic (exact) mass is 288 g/mol. The number of hydrogen-bond donors (Lipinski definition) is 1. The molecule has 4 heteroatoms. The highest BCUT2D eigenvalue weighted by molar-refractivity contribution is 7.09. The quantitative estimate of drug-likeness (QED) is 0.941. The molecule has 1 aromatic carbocycles. The van der Waals surface area contributed by atoms with Gasteiger partial charge in [0.2, 0.25) is 0 Å². The van der Waals surface area contributed by atoms with Crippen molar-refractivity contribution in [3.8, 4) is 5.75 Å². The molecular weight excluding hydrogens is 268 g/mol. The first-order chi connectivity index (χ1) is 9.69. The van der Waals surface area contributed by atoms with Crippen molar-refractivity contribution in [2.24, 2.45) is 0 Å². The van der Waals surface area contributed by atoms with Crippen LogP contribution >= 0.6 is 11.3 Å². The molecule has 1 aliphatic rings. The fourth-order valence-corrected chi connectivity index (χ4v) is 4.18. The maximum absolute atomic E-state index is 5.36. The zero-order chi connectivity index (χ0) is 14.2. The summed E-state index contributed by atoms with van der Waals surface area (Å²) in [5.41, 5.74) is 3.68. The smallest absolute Gasteiger partial charge is 0.119 e. The van der Waals surface area contributed by atoms with Gasteiger partial charge in [-0.25, -0.2) is 4.98 Å².